The molecule has 1 amide bonds. The molecule has 0 fully saturated rings. The van der Waals surface area contributed by atoms with Crippen LogP contribution in [0.15, 0.2) is 41.3 Å². The predicted octanol–water partition coefficient (Wildman–Crippen LogP) is 1.83. The maximum Gasteiger partial charge on any atom is 0.275 e. The maximum absolute atomic E-state index is 12.5. The van der Waals surface area contributed by atoms with E-state index in [-0.39, 0.29) is 25.0 Å². The number of aliphatic hydroxyl groups excluding tert-OH is 1. The van der Waals surface area contributed by atoms with Gasteiger partial charge in [0.2, 0.25) is 5.95 Å². The Morgan fingerprint density at radius 1 is 1.23 bits per heavy atom. The van der Waals surface area contributed by atoms with E-state index >= 15 is 0 Å². The summed E-state index contributed by atoms with van der Waals surface area (Å²) in [7, 11) is 0. The Hall–Kier alpha value is -2.32. The number of pyridine rings is 1. The zero-order valence-electron chi connectivity index (χ0n) is 11.4. The zero-order chi connectivity index (χ0) is 15.5. The van der Waals surface area contributed by atoms with Gasteiger partial charge in [-0.3, -0.25) is 15.1 Å². The van der Waals surface area contributed by atoms with Crippen molar-refractivity contribution in [3.05, 3.63) is 47.0 Å². The number of carbonyl (C=O) groups is 1. The van der Waals surface area contributed by atoms with Crippen molar-refractivity contribution in [2.45, 2.75) is 6.54 Å². The molecule has 0 bridgehead atoms. The number of aliphatic hydroxyl groups is 1. The molecule has 0 aliphatic heterocycles. The fourth-order valence-corrected chi connectivity index (χ4v) is 2.91. The number of aromatic nitrogens is 4. The first-order valence-corrected chi connectivity index (χ1v) is 7.33. The van der Waals surface area contributed by atoms with Crippen LogP contribution in [0.2, 0.25) is 0 Å². The molecule has 0 saturated heterocycles. The molecule has 0 spiro atoms. The number of carbonyl (C=O) groups excluding carboxylic acids is 1. The smallest absolute Gasteiger partial charge is 0.275 e. The van der Waals surface area contributed by atoms with Crippen LogP contribution in [0.25, 0.3) is 11.0 Å². The molecular weight excluding hydrogens is 350 g/mol. The van der Waals surface area contributed by atoms with Gasteiger partial charge in [0, 0.05) is 25.1 Å². The first-order valence-electron chi connectivity index (χ1n) is 6.54. The molecule has 0 atom stereocenters. The van der Waals surface area contributed by atoms with E-state index in [9.17, 15) is 9.90 Å². The van der Waals surface area contributed by atoms with Gasteiger partial charge in [0.05, 0.1) is 16.6 Å². The van der Waals surface area contributed by atoms with Gasteiger partial charge in [-0.15, -0.1) is 0 Å². The normalized spacial score (nSPS) is 10.8. The van der Waals surface area contributed by atoms with Crippen LogP contribution in [0.3, 0.4) is 0 Å². The number of halogens is 1. The van der Waals surface area contributed by atoms with E-state index in [4.69, 9.17) is 0 Å². The van der Waals surface area contributed by atoms with Crippen LogP contribution < -0.4 is 5.32 Å². The van der Waals surface area contributed by atoms with E-state index in [2.05, 4.69) is 36.2 Å². The highest BCUT2D eigenvalue weighted by Gasteiger charge is 2.22. The van der Waals surface area contributed by atoms with Gasteiger partial charge in [0.15, 0.2) is 0 Å². The molecule has 7 nitrogen and oxygen atoms in total. The Bertz CT molecular complexity index is 819. The molecule has 0 aromatic carbocycles. The molecule has 0 saturated carbocycles. The summed E-state index contributed by atoms with van der Waals surface area (Å²) < 4.78 is 2.29. The number of fused-ring (bicyclic) bond motifs is 1. The molecule has 3 heterocycles. The fourth-order valence-electron chi connectivity index (χ4n) is 2.21. The molecule has 22 heavy (non-hydrogen) atoms. The topological polar surface area (TPSA) is 92.9 Å². The van der Waals surface area contributed by atoms with Crippen LogP contribution in [0.5, 0.6) is 0 Å². The molecule has 3 aromatic rings. The Morgan fingerprint density at radius 2 is 1.95 bits per heavy atom. The Labute approximate surface area is 134 Å². The largest absolute Gasteiger partial charge is 0.395 e. The molecular formula is C14H12BrN5O2. The van der Waals surface area contributed by atoms with Crippen molar-refractivity contribution in [3.8, 4) is 0 Å². The SMILES string of the molecule is O=C(Nc1ncccn1)c1c(Br)c2ncccc2n1CCO. The third kappa shape index (κ3) is 2.58. The van der Waals surface area contributed by atoms with Gasteiger partial charge in [0.25, 0.3) is 5.91 Å². The van der Waals surface area contributed by atoms with Gasteiger partial charge in [-0.25, -0.2) is 9.97 Å². The lowest BCUT2D eigenvalue weighted by atomic mass is 10.3. The molecule has 112 valence electrons. The minimum atomic E-state index is -0.371. The number of hydrogen-bond acceptors (Lipinski definition) is 5. The number of amides is 1. The number of anilines is 1. The first kappa shape index (κ1) is 14.6. The van der Waals surface area contributed by atoms with Crippen molar-refractivity contribution < 1.29 is 9.90 Å². The predicted molar refractivity (Wildman–Crippen MR) is 84.5 cm³/mol. The van der Waals surface area contributed by atoms with Crippen molar-refractivity contribution in [1.82, 2.24) is 19.5 Å². The molecule has 3 aromatic heterocycles. The number of nitrogens with one attached hydrogen (secondary N) is 1. The maximum atomic E-state index is 12.5. The molecule has 3 rings (SSSR count). The summed E-state index contributed by atoms with van der Waals surface area (Å²) in [5.41, 5.74) is 1.80. The van der Waals surface area contributed by atoms with E-state index in [0.717, 1.165) is 5.52 Å². The Kier molecular flexibility index (Phi) is 4.12. The number of hydrogen-bond donors (Lipinski definition) is 2. The lowest BCUT2D eigenvalue weighted by Crippen LogP contribution is -2.19. The molecule has 0 unspecified atom stereocenters. The molecule has 0 aliphatic rings. The van der Waals surface area contributed by atoms with E-state index in [0.29, 0.717) is 15.7 Å². The van der Waals surface area contributed by atoms with Crippen molar-refractivity contribution in [2.24, 2.45) is 0 Å². The average molecular weight is 362 g/mol. The van der Waals surface area contributed by atoms with Crippen molar-refractivity contribution >= 4 is 38.8 Å². The summed E-state index contributed by atoms with van der Waals surface area (Å²) in [4.78, 5) is 24.8. The van der Waals surface area contributed by atoms with Crippen LogP contribution in [0.4, 0.5) is 5.95 Å². The van der Waals surface area contributed by atoms with Crippen molar-refractivity contribution in [2.75, 3.05) is 11.9 Å². The van der Waals surface area contributed by atoms with Gasteiger partial charge >= 0.3 is 0 Å². The van der Waals surface area contributed by atoms with Crippen LogP contribution in [0, 0.1) is 0 Å². The third-order valence-electron chi connectivity index (χ3n) is 3.09. The minimum Gasteiger partial charge on any atom is -0.395 e. The van der Waals surface area contributed by atoms with Crippen molar-refractivity contribution in [3.63, 3.8) is 0 Å². The first-order chi connectivity index (χ1) is 10.7. The summed E-state index contributed by atoms with van der Waals surface area (Å²) in [5.74, 6) is -0.155. The Balaban J connectivity index is 2.07. The molecule has 8 heteroatoms. The quantitative estimate of drug-likeness (QED) is 0.739. The summed E-state index contributed by atoms with van der Waals surface area (Å²) in [6.07, 6.45) is 4.74. The van der Waals surface area contributed by atoms with Gasteiger partial charge in [-0.1, -0.05) is 0 Å². The van der Waals surface area contributed by atoms with Gasteiger partial charge in [-0.05, 0) is 34.1 Å². The van der Waals surface area contributed by atoms with Crippen LogP contribution >= 0.6 is 15.9 Å². The van der Waals surface area contributed by atoms with Crippen molar-refractivity contribution in [1.29, 1.82) is 0 Å². The summed E-state index contributed by atoms with van der Waals surface area (Å²) >= 11 is 3.42. The highest BCUT2D eigenvalue weighted by Crippen LogP contribution is 2.29. The van der Waals surface area contributed by atoms with Crippen LogP contribution in [-0.4, -0.2) is 37.1 Å². The lowest BCUT2D eigenvalue weighted by molar-refractivity contribution is 0.101. The third-order valence-corrected chi connectivity index (χ3v) is 3.84. The second-order valence-electron chi connectivity index (χ2n) is 4.44. The fraction of sp³-hybridized carbons (Fsp3) is 0.143. The summed E-state index contributed by atoms with van der Waals surface area (Å²) in [6.45, 7) is 0.194. The average Bonchev–Trinajstić information content (AvgIpc) is 2.82. The minimum absolute atomic E-state index is 0.0900. The van der Waals surface area contributed by atoms with Gasteiger partial charge in [0.1, 0.15) is 11.2 Å². The summed E-state index contributed by atoms with van der Waals surface area (Å²) in [5, 5.41) is 11.9. The Morgan fingerprint density at radius 3 is 2.68 bits per heavy atom. The van der Waals surface area contributed by atoms with Crippen LogP contribution in [-0.2, 0) is 6.54 Å². The summed E-state index contributed by atoms with van der Waals surface area (Å²) in [6, 6.07) is 5.29. The van der Waals surface area contributed by atoms with E-state index < -0.39 is 0 Å². The molecule has 0 aliphatic carbocycles. The lowest BCUT2D eigenvalue weighted by Gasteiger charge is -2.09. The zero-order valence-corrected chi connectivity index (χ0v) is 13.0. The highest BCUT2D eigenvalue weighted by molar-refractivity contribution is 9.10. The monoisotopic (exact) mass is 361 g/mol. The van der Waals surface area contributed by atoms with E-state index in [1.807, 2.05) is 6.07 Å². The molecule has 0 radical (unpaired) electrons. The van der Waals surface area contributed by atoms with E-state index in [1.165, 1.54) is 0 Å². The standard InChI is InChI=1S/C14H12BrN5O2/c15-10-11-9(3-1-4-16-11)20(7-8-21)12(10)13(22)19-14-17-5-2-6-18-14/h1-6,21H,7-8H2,(H,17,18,19,22). The second kappa shape index (κ2) is 6.20. The second-order valence-corrected chi connectivity index (χ2v) is 5.23. The van der Waals surface area contributed by atoms with Crippen LogP contribution in [0.1, 0.15) is 10.5 Å². The van der Waals surface area contributed by atoms with E-state index in [1.54, 1.807) is 35.3 Å². The number of nitrogens with zero attached hydrogens (tertiary/aromatic N) is 4. The van der Waals surface area contributed by atoms with Gasteiger partial charge in [-0.2, -0.15) is 0 Å². The molecule has 2 N–H and O–H groups in total. The van der Waals surface area contributed by atoms with Gasteiger partial charge < -0.3 is 9.67 Å². The highest BCUT2D eigenvalue weighted by atomic mass is 79.9. The number of rotatable bonds is 4.